The molecular formula is C29H24F4N4O. The van der Waals surface area contributed by atoms with Gasteiger partial charge in [0.25, 0.3) is 5.91 Å². The first-order chi connectivity index (χ1) is 18.3. The summed E-state index contributed by atoms with van der Waals surface area (Å²) >= 11 is 0. The normalized spacial score (nSPS) is 15.5. The Morgan fingerprint density at radius 3 is 2.47 bits per heavy atom. The molecule has 0 bridgehead atoms. The molecule has 2 fully saturated rings. The molecule has 6 rings (SSSR count). The number of rotatable bonds is 7. The lowest BCUT2D eigenvalue weighted by Crippen LogP contribution is -2.32. The molecule has 0 atom stereocenters. The van der Waals surface area contributed by atoms with Crippen molar-refractivity contribution in [2.24, 2.45) is 0 Å². The SMILES string of the molecule is O=C(c1cccc(C(F)(F)F)c1)N(Cc1cccc(-c2cc(F)c3ncnc(NC4CC4)c3c2)c1)C1CC1. The van der Waals surface area contributed by atoms with E-state index in [9.17, 15) is 18.0 Å². The number of nitrogens with one attached hydrogen (secondary N) is 1. The predicted molar refractivity (Wildman–Crippen MR) is 136 cm³/mol. The number of aromatic nitrogens is 2. The van der Waals surface area contributed by atoms with Crippen molar-refractivity contribution in [3.63, 3.8) is 0 Å². The van der Waals surface area contributed by atoms with Crippen molar-refractivity contribution >= 4 is 22.6 Å². The largest absolute Gasteiger partial charge is 0.416 e. The number of hydrogen-bond donors (Lipinski definition) is 1. The van der Waals surface area contributed by atoms with E-state index in [-0.39, 0.29) is 23.7 Å². The second kappa shape index (κ2) is 9.38. The van der Waals surface area contributed by atoms with Gasteiger partial charge in [-0.25, -0.2) is 14.4 Å². The summed E-state index contributed by atoms with van der Waals surface area (Å²) in [6, 6.07) is 15.6. The van der Waals surface area contributed by atoms with Crippen LogP contribution in [0.15, 0.2) is 67.0 Å². The zero-order valence-corrected chi connectivity index (χ0v) is 20.3. The fraction of sp³-hybridized carbons (Fsp3) is 0.276. The van der Waals surface area contributed by atoms with E-state index in [1.165, 1.54) is 24.5 Å². The Hall–Kier alpha value is -4.01. The second-order valence-corrected chi connectivity index (χ2v) is 9.94. The number of fused-ring (bicyclic) bond motifs is 1. The van der Waals surface area contributed by atoms with Crippen LogP contribution in [0.2, 0.25) is 0 Å². The van der Waals surface area contributed by atoms with Gasteiger partial charge in [0.15, 0.2) is 0 Å². The molecule has 0 spiro atoms. The number of alkyl halides is 3. The van der Waals surface area contributed by atoms with Gasteiger partial charge in [0.1, 0.15) is 23.5 Å². The van der Waals surface area contributed by atoms with E-state index in [0.29, 0.717) is 22.8 Å². The fourth-order valence-corrected chi connectivity index (χ4v) is 4.62. The molecule has 2 aliphatic carbocycles. The van der Waals surface area contributed by atoms with E-state index in [1.54, 1.807) is 4.90 Å². The van der Waals surface area contributed by atoms with Crippen molar-refractivity contribution in [1.82, 2.24) is 14.9 Å². The molecule has 1 amide bonds. The van der Waals surface area contributed by atoms with Gasteiger partial charge in [-0.3, -0.25) is 4.79 Å². The van der Waals surface area contributed by atoms with Gasteiger partial charge in [0.2, 0.25) is 0 Å². The molecule has 1 N–H and O–H groups in total. The first-order valence-corrected chi connectivity index (χ1v) is 12.5. The average molecular weight is 521 g/mol. The molecule has 0 saturated heterocycles. The minimum atomic E-state index is -4.52. The van der Waals surface area contributed by atoms with E-state index in [2.05, 4.69) is 15.3 Å². The molecule has 5 nitrogen and oxygen atoms in total. The molecule has 4 aromatic rings. The number of nitrogens with zero attached hydrogens (tertiary/aromatic N) is 3. The molecule has 1 aromatic heterocycles. The number of amides is 1. The van der Waals surface area contributed by atoms with Crippen molar-refractivity contribution < 1.29 is 22.4 Å². The number of halogens is 4. The number of carbonyl (C=O) groups is 1. The summed E-state index contributed by atoms with van der Waals surface area (Å²) in [5.74, 6) is -0.293. The van der Waals surface area contributed by atoms with Gasteiger partial charge >= 0.3 is 6.18 Å². The highest BCUT2D eigenvalue weighted by atomic mass is 19.4. The van der Waals surface area contributed by atoms with Crippen LogP contribution in [-0.4, -0.2) is 32.9 Å². The first kappa shape index (κ1) is 24.3. The summed E-state index contributed by atoms with van der Waals surface area (Å²) in [7, 11) is 0. The highest BCUT2D eigenvalue weighted by molar-refractivity contribution is 5.95. The van der Waals surface area contributed by atoms with Gasteiger partial charge in [-0.2, -0.15) is 13.2 Å². The maximum Gasteiger partial charge on any atom is 0.416 e. The maximum absolute atomic E-state index is 15.0. The van der Waals surface area contributed by atoms with Crippen LogP contribution in [0.5, 0.6) is 0 Å². The lowest BCUT2D eigenvalue weighted by molar-refractivity contribution is -0.137. The topological polar surface area (TPSA) is 58.1 Å². The smallest absolute Gasteiger partial charge is 0.367 e. The van der Waals surface area contributed by atoms with Gasteiger partial charge in [-0.15, -0.1) is 0 Å². The molecule has 2 saturated carbocycles. The van der Waals surface area contributed by atoms with E-state index in [4.69, 9.17) is 0 Å². The fourth-order valence-electron chi connectivity index (χ4n) is 4.62. The van der Waals surface area contributed by atoms with E-state index in [1.807, 2.05) is 30.3 Å². The molecule has 2 aliphatic rings. The Bertz CT molecular complexity index is 1530. The maximum atomic E-state index is 15.0. The highest BCUT2D eigenvalue weighted by Crippen LogP contribution is 2.35. The van der Waals surface area contributed by atoms with E-state index >= 15 is 4.39 Å². The molecular weight excluding hydrogens is 496 g/mol. The van der Waals surface area contributed by atoms with E-state index in [0.717, 1.165) is 48.9 Å². The summed E-state index contributed by atoms with van der Waals surface area (Å²) in [6.07, 6.45) is 0.528. The lowest BCUT2D eigenvalue weighted by atomic mass is 10.0. The van der Waals surface area contributed by atoms with Crippen molar-refractivity contribution in [3.8, 4) is 11.1 Å². The van der Waals surface area contributed by atoms with Crippen molar-refractivity contribution in [3.05, 3.63) is 89.5 Å². The van der Waals surface area contributed by atoms with Gasteiger partial charge in [-0.05, 0) is 78.8 Å². The van der Waals surface area contributed by atoms with Crippen LogP contribution >= 0.6 is 0 Å². The number of carbonyl (C=O) groups excluding carboxylic acids is 1. The molecule has 0 radical (unpaired) electrons. The predicted octanol–water partition coefficient (Wildman–Crippen LogP) is 6.83. The van der Waals surface area contributed by atoms with Crippen LogP contribution in [0.25, 0.3) is 22.0 Å². The van der Waals surface area contributed by atoms with Crippen LogP contribution in [0.4, 0.5) is 23.4 Å². The Balaban J connectivity index is 1.30. The minimum absolute atomic E-state index is 0.00942. The number of hydrogen-bond acceptors (Lipinski definition) is 4. The summed E-state index contributed by atoms with van der Waals surface area (Å²) in [5, 5.41) is 3.93. The molecule has 1 heterocycles. The van der Waals surface area contributed by atoms with E-state index < -0.39 is 23.5 Å². The monoisotopic (exact) mass is 520 g/mol. The Morgan fingerprint density at radius 1 is 0.947 bits per heavy atom. The zero-order valence-electron chi connectivity index (χ0n) is 20.3. The third kappa shape index (κ3) is 5.05. The van der Waals surface area contributed by atoms with Crippen LogP contribution < -0.4 is 5.32 Å². The molecule has 38 heavy (non-hydrogen) atoms. The third-order valence-corrected chi connectivity index (χ3v) is 6.91. The molecule has 9 heteroatoms. The van der Waals surface area contributed by atoms with Gasteiger partial charge in [-0.1, -0.05) is 24.3 Å². The van der Waals surface area contributed by atoms with Crippen LogP contribution in [-0.2, 0) is 12.7 Å². The second-order valence-electron chi connectivity index (χ2n) is 9.94. The Kier molecular flexibility index (Phi) is 6.01. The van der Waals surface area contributed by atoms with Crippen LogP contribution in [0.1, 0.15) is 47.2 Å². The lowest BCUT2D eigenvalue weighted by Gasteiger charge is -2.23. The summed E-state index contributed by atoms with van der Waals surface area (Å²) in [4.78, 5) is 23.3. The van der Waals surface area contributed by atoms with Crippen LogP contribution in [0, 0.1) is 5.82 Å². The molecule has 0 aliphatic heterocycles. The highest BCUT2D eigenvalue weighted by Gasteiger charge is 2.35. The zero-order chi connectivity index (χ0) is 26.4. The average Bonchev–Trinajstić information content (AvgIpc) is 3.83. The van der Waals surface area contributed by atoms with Gasteiger partial charge in [0.05, 0.1) is 5.56 Å². The van der Waals surface area contributed by atoms with Crippen molar-refractivity contribution in [2.45, 2.75) is 50.5 Å². The van der Waals surface area contributed by atoms with Crippen molar-refractivity contribution in [2.75, 3.05) is 5.32 Å². The Labute approximate surface area is 216 Å². The van der Waals surface area contributed by atoms with Gasteiger partial charge in [0, 0.05) is 29.6 Å². The summed E-state index contributed by atoms with van der Waals surface area (Å²) in [5.41, 5.74) is 1.61. The van der Waals surface area contributed by atoms with Crippen molar-refractivity contribution in [1.29, 1.82) is 0 Å². The summed E-state index contributed by atoms with van der Waals surface area (Å²) < 4.78 is 54.7. The number of benzene rings is 3. The standard InChI is InChI=1S/C29H24F4N4O/c30-25-14-20(13-24-26(25)34-16-35-27(24)36-22-7-8-22)18-4-1-3-17(11-18)15-37(23-9-10-23)28(38)19-5-2-6-21(12-19)29(31,32)33/h1-6,11-14,16,22-23H,7-10,15H2,(H,34,35,36). The molecule has 3 aromatic carbocycles. The quantitative estimate of drug-likeness (QED) is 0.271. The van der Waals surface area contributed by atoms with Crippen LogP contribution in [0.3, 0.4) is 0 Å². The Morgan fingerprint density at radius 2 is 1.74 bits per heavy atom. The number of anilines is 1. The van der Waals surface area contributed by atoms with Gasteiger partial charge < -0.3 is 10.2 Å². The summed E-state index contributed by atoms with van der Waals surface area (Å²) in [6.45, 7) is 0.237. The molecule has 0 unspecified atom stereocenters. The molecule has 194 valence electrons. The third-order valence-electron chi connectivity index (χ3n) is 6.91. The minimum Gasteiger partial charge on any atom is -0.367 e. The first-order valence-electron chi connectivity index (χ1n) is 12.5.